The lowest BCUT2D eigenvalue weighted by Gasteiger charge is -2.27. The Hall–Kier alpha value is -1.51. The van der Waals surface area contributed by atoms with Crippen molar-refractivity contribution in [2.24, 2.45) is 5.92 Å². The highest BCUT2D eigenvalue weighted by Crippen LogP contribution is 2.17. The van der Waals surface area contributed by atoms with E-state index in [1.54, 1.807) is 13.8 Å². The van der Waals surface area contributed by atoms with Crippen LogP contribution < -0.4 is 5.32 Å². The lowest BCUT2D eigenvalue weighted by molar-refractivity contribution is -0.142. The number of amides is 2. The lowest BCUT2D eigenvalue weighted by atomic mass is 9.99. The van der Waals surface area contributed by atoms with Crippen molar-refractivity contribution < 1.29 is 33.0 Å². The topological polar surface area (TPSA) is 89.9 Å². The molecule has 0 bridgehead atoms. The fraction of sp³-hybridized carbons (Fsp3) is 0.818. The third-order valence-corrected chi connectivity index (χ3v) is 2.79. The number of hydrogen-bond donors (Lipinski definition) is 3. The van der Waals surface area contributed by atoms with E-state index < -0.39 is 49.8 Å². The number of carbonyl (C=O) groups is 2. The van der Waals surface area contributed by atoms with Crippen LogP contribution in [-0.2, 0) is 4.79 Å². The van der Waals surface area contributed by atoms with Crippen LogP contribution in [0, 0.1) is 5.92 Å². The molecule has 2 atom stereocenters. The second-order valence-electron chi connectivity index (χ2n) is 4.41. The van der Waals surface area contributed by atoms with Gasteiger partial charge in [-0.1, -0.05) is 20.3 Å². The summed E-state index contributed by atoms with van der Waals surface area (Å²) in [6.45, 7) is 0.544. The molecule has 0 heterocycles. The van der Waals surface area contributed by atoms with Crippen LogP contribution in [0.15, 0.2) is 0 Å². The largest absolute Gasteiger partial charge is 0.480 e. The molecule has 0 radical (unpaired) electrons. The maximum atomic E-state index is 12.3. The number of hydrogen-bond acceptors (Lipinski definition) is 3. The Labute approximate surface area is 114 Å². The predicted molar refractivity (Wildman–Crippen MR) is 64.1 cm³/mol. The maximum absolute atomic E-state index is 12.3. The number of carboxylic acids is 1. The van der Waals surface area contributed by atoms with Gasteiger partial charge in [0, 0.05) is 6.54 Å². The molecule has 3 N–H and O–H groups in total. The van der Waals surface area contributed by atoms with Crippen molar-refractivity contribution in [3.63, 3.8) is 0 Å². The van der Waals surface area contributed by atoms with Crippen molar-refractivity contribution in [1.29, 1.82) is 0 Å². The van der Waals surface area contributed by atoms with Gasteiger partial charge < -0.3 is 20.4 Å². The third-order valence-electron chi connectivity index (χ3n) is 2.79. The van der Waals surface area contributed by atoms with Gasteiger partial charge in [0.25, 0.3) is 0 Å². The number of alkyl halides is 3. The van der Waals surface area contributed by atoms with Gasteiger partial charge in [0.1, 0.15) is 12.6 Å². The molecular weight excluding hydrogens is 281 g/mol. The number of aliphatic hydroxyl groups is 1. The van der Waals surface area contributed by atoms with Crippen LogP contribution in [0.25, 0.3) is 0 Å². The van der Waals surface area contributed by atoms with Crippen LogP contribution in [0.3, 0.4) is 0 Å². The molecule has 0 fully saturated rings. The first-order valence-corrected chi connectivity index (χ1v) is 6.08. The summed E-state index contributed by atoms with van der Waals surface area (Å²) < 4.78 is 36.9. The highest BCUT2D eigenvalue weighted by Gasteiger charge is 2.34. The summed E-state index contributed by atoms with van der Waals surface area (Å²) in [6, 6.07) is -2.44. The lowest BCUT2D eigenvalue weighted by Crippen LogP contribution is -2.53. The molecule has 9 heteroatoms. The smallest absolute Gasteiger partial charge is 0.406 e. The van der Waals surface area contributed by atoms with E-state index in [2.05, 4.69) is 5.32 Å². The fourth-order valence-corrected chi connectivity index (χ4v) is 1.50. The highest BCUT2D eigenvalue weighted by molar-refractivity contribution is 5.82. The number of aliphatic hydroxyl groups excluding tert-OH is 1. The van der Waals surface area contributed by atoms with E-state index in [9.17, 15) is 22.8 Å². The molecule has 0 spiro atoms. The molecule has 0 aromatic carbocycles. The van der Waals surface area contributed by atoms with Crippen LogP contribution in [-0.4, -0.2) is 59.0 Å². The molecule has 0 saturated heterocycles. The minimum absolute atomic E-state index is 0.332. The Morgan fingerprint density at radius 2 is 1.90 bits per heavy atom. The van der Waals surface area contributed by atoms with Crippen molar-refractivity contribution >= 4 is 12.0 Å². The normalized spacial score (nSPS) is 14.5. The SMILES string of the molecule is CCC(C)C(NC(=O)N(CCO)CC(F)(F)F)C(=O)O. The summed E-state index contributed by atoms with van der Waals surface area (Å²) in [7, 11) is 0. The Balaban J connectivity index is 4.84. The molecule has 0 aliphatic rings. The van der Waals surface area contributed by atoms with Gasteiger partial charge in [0.15, 0.2) is 0 Å². The summed E-state index contributed by atoms with van der Waals surface area (Å²) >= 11 is 0. The summed E-state index contributed by atoms with van der Waals surface area (Å²) in [6.07, 6.45) is -4.18. The molecule has 0 aliphatic heterocycles. The van der Waals surface area contributed by atoms with Crippen LogP contribution in [0.1, 0.15) is 20.3 Å². The van der Waals surface area contributed by atoms with E-state index in [-0.39, 0.29) is 0 Å². The van der Waals surface area contributed by atoms with Crippen LogP contribution >= 0.6 is 0 Å². The Morgan fingerprint density at radius 3 is 2.25 bits per heavy atom. The number of rotatable bonds is 7. The number of urea groups is 1. The average Bonchev–Trinajstić information content (AvgIpc) is 2.32. The van der Waals surface area contributed by atoms with Crippen molar-refractivity contribution in [1.82, 2.24) is 10.2 Å². The predicted octanol–water partition coefficient (Wildman–Crippen LogP) is 1.05. The van der Waals surface area contributed by atoms with Crippen molar-refractivity contribution in [3.8, 4) is 0 Å². The van der Waals surface area contributed by atoms with Gasteiger partial charge in [-0.15, -0.1) is 0 Å². The molecular formula is C11H19F3N2O4. The molecule has 0 aromatic rings. The minimum Gasteiger partial charge on any atom is -0.480 e. The van der Waals surface area contributed by atoms with E-state index in [1.165, 1.54) is 0 Å². The van der Waals surface area contributed by atoms with Crippen LogP contribution in [0.5, 0.6) is 0 Å². The summed E-state index contributed by atoms with van der Waals surface area (Å²) in [5.74, 6) is -1.75. The molecule has 0 aliphatic carbocycles. The maximum Gasteiger partial charge on any atom is 0.406 e. The van der Waals surface area contributed by atoms with Gasteiger partial charge in [-0.2, -0.15) is 13.2 Å². The van der Waals surface area contributed by atoms with Crippen molar-refractivity contribution in [2.45, 2.75) is 32.5 Å². The quantitative estimate of drug-likeness (QED) is 0.655. The van der Waals surface area contributed by atoms with Crippen LogP contribution in [0.4, 0.5) is 18.0 Å². The summed E-state index contributed by atoms with van der Waals surface area (Å²) in [4.78, 5) is 23.0. The van der Waals surface area contributed by atoms with Crippen molar-refractivity contribution in [3.05, 3.63) is 0 Å². The zero-order chi connectivity index (χ0) is 15.9. The molecule has 2 unspecified atom stereocenters. The molecule has 118 valence electrons. The summed E-state index contributed by atoms with van der Waals surface area (Å²) in [5.41, 5.74) is 0. The number of aliphatic carboxylic acids is 1. The molecule has 2 amide bonds. The number of halogens is 3. The van der Waals surface area contributed by atoms with E-state index in [4.69, 9.17) is 10.2 Å². The Bertz CT molecular complexity index is 336. The van der Waals surface area contributed by atoms with Gasteiger partial charge in [-0.25, -0.2) is 9.59 Å². The zero-order valence-corrected chi connectivity index (χ0v) is 11.3. The zero-order valence-electron chi connectivity index (χ0n) is 11.3. The number of nitrogens with zero attached hydrogens (tertiary/aromatic N) is 1. The van der Waals surface area contributed by atoms with E-state index >= 15 is 0 Å². The first kappa shape index (κ1) is 18.5. The van der Waals surface area contributed by atoms with Crippen LogP contribution in [0.2, 0.25) is 0 Å². The Morgan fingerprint density at radius 1 is 1.35 bits per heavy atom. The van der Waals surface area contributed by atoms with Crippen molar-refractivity contribution in [2.75, 3.05) is 19.7 Å². The second kappa shape index (κ2) is 7.93. The molecule has 0 rings (SSSR count). The van der Waals surface area contributed by atoms with Gasteiger partial charge in [-0.05, 0) is 5.92 Å². The molecule has 0 saturated carbocycles. The van der Waals surface area contributed by atoms with E-state index in [0.29, 0.717) is 11.3 Å². The van der Waals surface area contributed by atoms with E-state index in [0.717, 1.165) is 0 Å². The van der Waals surface area contributed by atoms with Gasteiger partial charge in [-0.3, -0.25) is 0 Å². The second-order valence-corrected chi connectivity index (χ2v) is 4.41. The molecule has 20 heavy (non-hydrogen) atoms. The van der Waals surface area contributed by atoms with Gasteiger partial charge in [0.2, 0.25) is 0 Å². The molecule has 0 aromatic heterocycles. The highest BCUT2D eigenvalue weighted by atomic mass is 19.4. The number of carbonyl (C=O) groups excluding carboxylic acids is 1. The first-order valence-electron chi connectivity index (χ1n) is 6.08. The summed E-state index contributed by atoms with van der Waals surface area (Å²) in [5, 5.41) is 19.7. The standard InChI is InChI=1S/C11H19F3N2O4/c1-3-7(2)8(9(18)19)15-10(20)16(4-5-17)6-11(12,13)14/h7-8,17H,3-6H2,1-2H3,(H,15,20)(H,18,19). The number of nitrogens with one attached hydrogen (secondary N) is 1. The Kier molecular flexibility index (Phi) is 7.33. The molecule has 6 nitrogen and oxygen atoms in total. The van der Waals surface area contributed by atoms with E-state index in [1.807, 2.05) is 0 Å². The fourth-order valence-electron chi connectivity index (χ4n) is 1.50. The number of carboxylic acid groups (broad SMARTS) is 1. The third kappa shape index (κ3) is 6.60. The average molecular weight is 300 g/mol. The monoisotopic (exact) mass is 300 g/mol. The van der Waals surface area contributed by atoms with Gasteiger partial charge >= 0.3 is 18.2 Å². The first-order chi connectivity index (χ1) is 9.12. The van der Waals surface area contributed by atoms with Gasteiger partial charge in [0.05, 0.1) is 6.61 Å². The minimum atomic E-state index is -4.62.